The molecule has 1 unspecified atom stereocenters. The lowest BCUT2D eigenvalue weighted by Gasteiger charge is -2.31. The summed E-state index contributed by atoms with van der Waals surface area (Å²) in [6.45, 7) is 2.40. The first kappa shape index (κ1) is 17.7. The van der Waals surface area contributed by atoms with E-state index in [0.717, 1.165) is 11.3 Å². The van der Waals surface area contributed by atoms with E-state index in [2.05, 4.69) is 0 Å². The summed E-state index contributed by atoms with van der Waals surface area (Å²) in [6.07, 6.45) is -0.821. The van der Waals surface area contributed by atoms with Gasteiger partial charge in [-0.2, -0.15) is 4.31 Å². The summed E-state index contributed by atoms with van der Waals surface area (Å²) in [5.74, 6) is -1.00. The Labute approximate surface area is 136 Å². The maximum Gasteiger partial charge on any atom is 0.306 e. The normalized spacial score (nSPS) is 19.5. The van der Waals surface area contributed by atoms with Gasteiger partial charge in [-0.3, -0.25) is 4.79 Å². The lowest BCUT2D eigenvalue weighted by Crippen LogP contribution is -2.46. The van der Waals surface area contributed by atoms with E-state index in [0.29, 0.717) is 0 Å². The highest BCUT2D eigenvalue weighted by atomic mass is 32.2. The van der Waals surface area contributed by atoms with Gasteiger partial charge < -0.3 is 14.7 Å². The average Bonchev–Trinajstić information content (AvgIpc) is 2.46. The molecule has 0 radical (unpaired) electrons. The van der Waals surface area contributed by atoms with E-state index in [1.54, 1.807) is 18.2 Å². The van der Waals surface area contributed by atoms with Gasteiger partial charge in [0, 0.05) is 32.9 Å². The maximum absolute atomic E-state index is 12.8. The van der Waals surface area contributed by atoms with Crippen molar-refractivity contribution in [2.45, 2.75) is 24.3 Å². The Kier molecular flexibility index (Phi) is 5.28. The number of hydrogen-bond acceptors (Lipinski definition) is 5. The highest BCUT2D eigenvalue weighted by Crippen LogP contribution is 2.26. The number of sulfonamides is 1. The van der Waals surface area contributed by atoms with E-state index in [1.165, 1.54) is 4.31 Å². The van der Waals surface area contributed by atoms with Crippen molar-refractivity contribution in [1.29, 1.82) is 0 Å². The lowest BCUT2D eigenvalue weighted by atomic mass is 10.2. The van der Waals surface area contributed by atoms with E-state index < -0.39 is 22.1 Å². The maximum atomic E-state index is 12.8. The number of nitrogens with zero attached hydrogens (tertiary/aromatic N) is 2. The van der Waals surface area contributed by atoms with Gasteiger partial charge in [0.25, 0.3) is 0 Å². The molecule has 0 aliphatic carbocycles. The molecule has 0 bridgehead atoms. The second-order valence-electron chi connectivity index (χ2n) is 5.80. The Balaban J connectivity index is 2.27. The van der Waals surface area contributed by atoms with Crippen molar-refractivity contribution in [1.82, 2.24) is 4.31 Å². The number of aryl methyl sites for hydroxylation is 1. The molecule has 23 heavy (non-hydrogen) atoms. The van der Waals surface area contributed by atoms with Crippen LogP contribution in [0.15, 0.2) is 23.1 Å². The molecule has 1 atom stereocenters. The SMILES string of the molecule is Cc1ccc(S(=O)(=O)N2CCOC(CC(=O)O)C2)cc1N(C)C. The second kappa shape index (κ2) is 6.86. The van der Waals surface area contributed by atoms with Gasteiger partial charge in [-0.1, -0.05) is 6.07 Å². The summed E-state index contributed by atoms with van der Waals surface area (Å²) >= 11 is 0. The number of benzene rings is 1. The van der Waals surface area contributed by atoms with Crippen LogP contribution >= 0.6 is 0 Å². The number of ether oxygens (including phenoxy) is 1. The Hall–Kier alpha value is -1.64. The third-order valence-corrected chi connectivity index (χ3v) is 5.67. The minimum atomic E-state index is -3.67. The van der Waals surface area contributed by atoms with Crippen molar-refractivity contribution < 1.29 is 23.1 Å². The first-order valence-electron chi connectivity index (χ1n) is 7.33. The molecule has 0 amide bonds. The molecule has 1 heterocycles. The molecule has 0 spiro atoms. The fourth-order valence-electron chi connectivity index (χ4n) is 2.61. The molecule has 1 aromatic carbocycles. The van der Waals surface area contributed by atoms with Crippen LogP contribution in [0.5, 0.6) is 0 Å². The molecule has 1 N–H and O–H groups in total. The van der Waals surface area contributed by atoms with E-state index >= 15 is 0 Å². The minimum absolute atomic E-state index is 0.0554. The van der Waals surface area contributed by atoms with Crippen LogP contribution in [0.1, 0.15) is 12.0 Å². The average molecular weight is 342 g/mol. The topological polar surface area (TPSA) is 87.1 Å². The fourth-order valence-corrected chi connectivity index (χ4v) is 4.09. The van der Waals surface area contributed by atoms with Crippen molar-refractivity contribution in [3.05, 3.63) is 23.8 Å². The molecule has 7 nitrogen and oxygen atoms in total. The number of carboxylic acids is 1. The van der Waals surface area contributed by atoms with Crippen LogP contribution in [-0.4, -0.2) is 63.7 Å². The van der Waals surface area contributed by atoms with Gasteiger partial charge >= 0.3 is 5.97 Å². The van der Waals surface area contributed by atoms with Gasteiger partial charge in [-0.25, -0.2) is 8.42 Å². The Bertz CT molecular complexity index is 687. The Morgan fingerprint density at radius 3 is 2.74 bits per heavy atom. The molecule has 1 aliphatic heterocycles. The molecule has 1 aliphatic rings. The predicted octanol–water partition coefficient (Wildman–Crippen LogP) is 0.925. The van der Waals surface area contributed by atoms with E-state index in [9.17, 15) is 13.2 Å². The van der Waals surface area contributed by atoms with E-state index in [1.807, 2.05) is 25.9 Å². The molecule has 1 saturated heterocycles. The zero-order valence-corrected chi connectivity index (χ0v) is 14.3. The Morgan fingerprint density at radius 1 is 1.43 bits per heavy atom. The van der Waals surface area contributed by atoms with Crippen LogP contribution < -0.4 is 4.90 Å². The molecular weight excluding hydrogens is 320 g/mol. The number of morpholine rings is 1. The number of anilines is 1. The fraction of sp³-hybridized carbons (Fsp3) is 0.533. The first-order valence-corrected chi connectivity index (χ1v) is 8.77. The number of carbonyl (C=O) groups is 1. The van der Waals surface area contributed by atoms with Gasteiger partial charge in [0.2, 0.25) is 10.0 Å². The number of rotatable bonds is 5. The molecule has 2 rings (SSSR count). The van der Waals surface area contributed by atoms with Crippen LogP contribution in [0.4, 0.5) is 5.69 Å². The van der Waals surface area contributed by atoms with E-state index in [-0.39, 0.29) is 31.0 Å². The lowest BCUT2D eigenvalue weighted by molar-refractivity contribution is -0.141. The summed E-state index contributed by atoms with van der Waals surface area (Å²) in [7, 11) is 0.0452. The van der Waals surface area contributed by atoms with Crippen molar-refractivity contribution in [3.8, 4) is 0 Å². The van der Waals surface area contributed by atoms with Crippen molar-refractivity contribution in [2.24, 2.45) is 0 Å². The number of hydrogen-bond donors (Lipinski definition) is 1. The monoisotopic (exact) mass is 342 g/mol. The van der Waals surface area contributed by atoms with Gasteiger partial charge in [0.05, 0.1) is 24.0 Å². The number of carboxylic acid groups (broad SMARTS) is 1. The minimum Gasteiger partial charge on any atom is -0.481 e. The van der Waals surface area contributed by atoms with Gasteiger partial charge in [-0.15, -0.1) is 0 Å². The Morgan fingerprint density at radius 2 is 2.13 bits per heavy atom. The van der Waals surface area contributed by atoms with Crippen LogP contribution in [-0.2, 0) is 19.6 Å². The van der Waals surface area contributed by atoms with Crippen LogP contribution in [0.2, 0.25) is 0 Å². The summed E-state index contributed by atoms with van der Waals surface area (Å²) < 4.78 is 32.3. The third-order valence-electron chi connectivity index (χ3n) is 3.80. The van der Waals surface area contributed by atoms with Gasteiger partial charge in [0.1, 0.15) is 0 Å². The van der Waals surface area contributed by atoms with E-state index in [4.69, 9.17) is 9.84 Å². The highest BCUT2D eigenvalue weighted by Gasteiger charge is 2.32. The quantitative estimate of drug-likeness (QED) is 0.856. The highest BCUT2D eigenvalue weighted by molar-refractivity contribution is 7.89. The molecule has 0 aromatic heterocycles. The molecule has 1 fully saturated rings. The smallest absolute Gasteiger partial charge is 0.306 e. The standard InChI is InChI=1S/C15H22N2O5S/c1-11-4-5-13(9-14(11)16(2)3)23(20,21)17-6-7-22-12(10-17)8-15(18)19/h4-5,9,12H,6-8,10H2,1-3H3,(H,18,19). The predicted molar refractivity (Wildman–Crippen MR) is 86.3 cm³/mol. The van der Waals surface area contributed by atoms with Crippen LogP contribution in [0.3, 0.4) is 0 Å². The molecule has 1 aromatic rings. The summed E-state index contributed by atoms with van der Waals surface area (Å²) in [4.78, 5) is 12.9. The van der Waals surface area contributed by atoms with Gasteiger partial charge in [-0.05, 0) is 24.6 Å². The molecular formula is C15H22N2O5S. The van der Waals surface area contributed by atoms with Gasteiger partial charge in [0.15, 0.2) is 0 Å². The van der Waals surface area contributed by atoms with Crippen molar-refractivity contribution >= 4 is 21.7 Å². The summed E-state index contributed by atoms with van der Waals surface area (Å²) in [5.41, 5.74) is 1.82. The third kappa shape index (κ3) is 4.01. The number of aliphatic carboxylic acids is 1. The molecule has 0 saturated carbocycles. The summed E-state index contributed by atoms with van der Waals surface area (Å²) in [6, 6.07) is 5.00. The largest absolute Gasteiger partial charge is 0.481 e. The zero-order chi connectivity index (χ0) is 17.2. The van der Waals surface area contributed by atoms with Crippen LogP contribution in [0.25, 0.3) is 0 Å². The van der Waals surface area contributed by atoms with Crippen LogP contribution in [0, 0.1) is 6.92 Å². The van der Waals surface area contributed by atoms with Crippen molar-refractivity contribution in [3.63, 3.8) is 0 Å². The summed E-state index contributed by atoms with van der Waals surface area (Å²) in [5, 5.41) is 8.85. The van der Waals surface area contributed by atoms with Crippen molar-refractivity contribution in [2.75, 3.05) is 38.7 Å². The molecule has 128 valence electrons. The second-order valence-corrected chi connectivity index (χ2v) is 7.73. The zero-order valence-electron chi connectivity index (χ0n) is 13.5. The molecule has 8 heteroatoms. The first-order chi connectivity index (χ1) is 10.7.